The van der Waals surface area contributed by atoms with Gasteiger partial charge < -0.3 is 4.98 Å². The summed E-state index contributed by atoms with van der Waals surface area (Å²) in [7, 11) is -3.56. The molecule has 0 amide bonds. The van der Waals surface area contributed by atoms with Crippen LogP contribution in [0.5, 0.6) is 0 Å². The van der Waals surface area contributed by atoms with Crippen LogP contribution in [-0.4, -0.2) is 24.3 Å². The van der Waals surface area contributed by atoms with E-state index in [4.69, 9.17) is 0 Å². The number of hydrogen-bond donors (Lipinski definition) is 1. The number of aryl methyl sites for hydroxylation is 1. The normalized spacial score (nSPS) is 15.6. The maximum atomic E-state index is 13.6. The lowest BCUT2D eigenvalue weighted by Gasteiger charge is -2.26. The minimum atomic E-state index is -3.56. The average Bonchev–Trinajstić information content (AvgIpc) is 2.92. The van der Waals surface area contributed by atoms with Gasteiger partial charge in [-0.15, -0.1) is 0 Å². The highest BCUT2D eigenvalue weighted by atomic mass is 32.2. The fourth-order valence-corrected chi connectivity index (χ4v) is 4.81. The quantitative estimate of drug-likeness (QED) is 0.775. The third-order valence-electron chi connectivity index (χ3n) is 4.53. The second kappa shape index (κ2) is 5.43. The van der Waals surface area contributed by atoms with Gasteiger partial charge in [0.1, 0.15) is 5.82 Å². The van der Waals surface area contributed by atoms with Gasteiger partial charge in [-0.05, 0) is 48.4 Å². The summed E-state index contributed by atoms with van der Waals surface area (Å²) in [6.45, 7) is 2.55. The molecule has 0 unspecified atom stereocenters. The highest BCUT2D eigenvalue weighted by Crippen LogP contribution is 2.31. The molecule has 1 N–H and O–H groups in total. The van der Waals surface area contributed by atoms with Crippen molar-refractivity contribution in [3.05, 3.63) is 65.1 Å². The van der Waals surface area contributed by atoms with Gasteiger partial charge in [0, 0.05) is 36.1 Å². The Kier molecular flexibility index (Phi) is 3.47. The van der Waals surface area contributed by atoms with Crippen LogP contribution in [0.3, 0.4) is 0 Å². The van der Waals surface area contributed by atoms with E-state index in [9.17, 15) is 12.8 Å². The van der Waals surface area contributed by atoms with E-state index in [0.29, 0.717) is 17.9 Å². The van der Waals surface area contributed by atoms with Gasteiger partial charge in [-0.1, -0.05) is 12.1 Å². The van der Waals surface area contributed by atoms with Gasteiger partial charge in [-0.3, -0.25) is 0 Å². The lowest BCUT2D eigenvalue weighted by Crippen LogP contribution is -2.35. The molecule has 0 aliphatic carbocycles. The molecule has 1 aromatic heterocycles. The van der Waals surface area contributed by atoms with E-state index < -0.39 is 10.0 Å². The molecule has 124 valence electrons. The second-order valence-corrected chi connectivity index (χ2v) is 8.12. The first-order valence-electron chi connectivity index (χ1n) is 7.81. The van der Waals surface area contributed by atoms with Crippen LogP contribution in [0, 0.1) is 12.7 Å². The van der Waals surface area contributed by atoms with Crippen LogP contribution in [0.4, 0.5) is 4.39 Å². The number of nitrogens with zero attached hydrogens (tertiary/aromatic N) is 1. The van der Waals surface area contributed by atoms with E-state index in [1.807, 2.05) is 13.0 Å². The van der Waals surface area contributed by atoms with Crippen LogP contribution in [0.15, 0.2) is 47.4 Å². The first kappa shape index (κ1) is 15.4. The number of nitrogens with one attached hydrogen (secondary N) is 1. The van der Waals surface area contributed by atoms with E-state index in [2.05, 4.69) is 4.98 Å². The van der Waals surface area contributed by atoms with E-state index in [1.165, 1.54) is 16.4 Å². The van der Waals surface area contributed by atoms with Crippen molar-refractivity contribution in [3.63, 3.8) is 0 Å². The lowest BCUT2D eigenvalue weighted by molar-refractivity contribution is 0.391. The maximum absolute atomic E-state index is 13.6. The number of aromatic amines is 1. The summed E-state index contributed by atoms with van der Waals surface area (Å²) in [5.74, 6) is -0.317. The Bertz CT molecular complexity index is 1040. The molecule has 4 rings (SSSR count). The molecule has 1 aliphatic heterocycles. The minimum Gasteiger partial charge on any atom is -0.358 e. The lowest BCUT2D eigenvalue weighted by atomic mass is 10.1. The molecular formula is C18H17FN2O2S. The zero-order valence-electron chi connectivity index (χ0n) is 13.2. The fraction of sp³-hybridized carbons (Fsp3) is 0.222. The van der Waals surface area contributed by atoms with Crippen molar-refractivity contribution in [1.29, 1.82) is 0 Å². The van der Waals surface area contributed by atoms with Crippen molar-refractivity contribution in [2.24, 2.45) is 0 Å². The number of fused-ring (bicyclic) bond motifs is 3. The molecule has 4 nitrogen and oxygen atoms in total. The molecule has 2 aromatic carbocycles. The predicted molar refractivity (Wildman–Crippen MR) is 90.7 cm³/mol. The van der Waals surface area contributed by atoms with Crippen molar-refractivity contribution in [2.75, 3.05) is 6.54 Å². The summed E-state index contributed by atoms with van der Waals surface area (Å²) < 4.78 is 40.9. The minimum absolute atomic E-state index is 0.259. The van der Waals surface area contributed by atoms with Crippen LogP contribution in [-0.2, 0) is 23.0 Å². The Hall–Kier alpha value is -2.18. The summed E-state index contributed by atoms with van der Waals surface area (Å²) in [6, 6.07) is 11.5. The molecule has 6 heteroatoms. The molecule has 24 heavy (non-hydrogen) atoms. The molecule has 0 bridgehead atoms. The number of halogens is 1. The zero-order chi connectivity index (χ0) is 16.9. The first-order valence-corrected chi connectivity index (χ1v) is 9.25. The van der Waals surface area contributed by atoms with Crippen LogP contribution >= 0.6 is 0 Å². The SMILES string of the molecule is Cc1cccc(S(=O)(=O)N2CCc3[nH]c4ccc(F)cc4c3C2)c1. The highest BCUT2D eigenvalue weighted by molar-refractivity contribution is 7.89. The largest absolute Gasteiger partial charge is 0.358 e. The van der Waals surface area contributed by atoms with E-state index in [-0.39, 0.29) is 12.4 Å². The predicted octanol–water partition coefficient (Wildman–Crippen LogP) is 3.36. The van der Waals surface area contributed by atoms with Gasteiger partial charge >= 0.3 is 0 Å². The van der Waals surface area contributed by atoms with Crippen molar-refractivity contribution in [2.45, 2.75) is 24.8 Å². The number of aromatic nitrogens is 1. The van der Waals surface area contributed by atoms with E-state index in [1.54, 1.807) is 24.3 Å². The Morgan fingerprint density at radius 2 is 2.00 bits per heavy atom. The van der Waals surface area contributed by atoms with Gasteiger partial charge in [0.05, 0.1) is 4.90 Å². The van der Waals surface area contributed by atoms with E-state index >= 15 is 0 Å². The molecule has 0 spiro atoms. The molecule has 0 fully saturated rings. The van der Waals surface area contributed by atoms with Crippen LogP contribution in [0.1, 0.15) is 16.8 Å². The Labute approximate surface area is 140 Å². The third-order valence-corrected chi connectivity index (χ3v) is 6.37. The molecule has 3 aromatic rings. The molecule has 2 heterocycles. The molecule has 0 saturated carbocycles. The van der Waals surface area contributed by atoms with Crippen molar-refractivity contribution in [1.82, 2.24) is 9.29 Å². The molecule has 0 atom stereocenters. The van der Waals surface area contributed by atoms with Crippen molar-refractivity contribution < 1.29 is 12.8 Å². The molecular weight excluding hydrogens is 327 g/mol. The zero-order valence-corrected chi connectivity index (χ0v) is 14.0. The van der Waals surface area contributed by atoms with Gasteiger partial charge in [0.15, 0.2) is 0 Å². The number of sulfonamides is 1. The summed E-state index contributed by atoms with van der Waals surface area (Å²) in [5.41, 5.74) is 3.61. The molecule has 0 radical (unpaired) electrons. The van der Waals surface area contributed by atoms with Gasteiger partial charge in [-0.2, -0.15) is 4.31 Å². The number of benzene rings is 2. The fourth-order valence-electron chi connectivity index (χ4n) is 3.29. The first-order chi connectivity index (χ1) is 11.4. The van der Waals surface area contributed by atoms with Crippen LogP contribution in [0.25, 0.3) is 10.9 Å². The van der Waals surface area contributed by atoms with Gasteiger partial charge in [-0.25, -0.2) is 12.8 Å². The third kappa shape index (κ3) is 2.42. The topological polar surface area (TPSA) is 53.2 Å². The van der Waals surface area contributed by atoms with Crippen LogP contribution < -0.4 is 0 Å². The maximum Gasteiger partial charge on any atom is 0.243 e. The second-order valence-electron chi connectivity index (χ2n) is 6.18. The monoisotopic (exact) mass is 344 g/mol. The summed E-state index contributed by atoms with van der Waals surface area (Å²) in [4.78, 5) is 3.58. The highest BCUT2D eigenvalue weighted by Gasteiger charge is 2.30. The van der Waals surface area contributed by atoms with Crippen molar-refractivity contribution in [3.8, 4) is 0 Å². The Balaban J connectivity index is 1.76. The van der Waals surface area contributed by atoms with Crippen LogP contribution in [0.2, 0.25) is 0 Å². The summed E-state index contributed by atoms with van der Waals surface area (Å²) in [5, 5.41) is 0.758. The van der Waals surface area contributed by atoms with E-state index in [0.717, 1.165) is 27.7 Å². The standard InChI is InChI=1S/C18H17FN2O2S/c1-12-3-2-4-14(9-12)24(22,23)21-8-7-18-16(11-21)15-10-13(19)5-6-17(15)20-18/h2-6,9-10,20H,7-8,11H2,1H3. The average molecular weight is 344 g/mol. The summed E-state index contributed by atoms with van der Waals surface area (Å²) >= 11 is 0. The van der Waals surface area contributed by atoms with Crippen molar-refractivity contribution >= 4 is 20.9 Å². The van der Waals surface area contributed by atoms with Gasteiger partial charge in [0.2, 0.25) is 10.0 Å². The number of H-pyrrole nitrogens is 1. The molecule has 1 aliphatic rings. The Morgan fingerprint density at radius 1 is 1.17 bits per heavy atom. The number of hydrogen-bond acceptors (Lipinski definition) is 2. The summed E-state index contributed by atoms with van der Waals surface area (Å²) in [6.07, 6.45) is 0.594. The smallest absolute Gasteiger partial charge is 0.243 e. The van der Waals surface area contributed by atoms with Gasteiger partial charge in [0.25, 0.3) is 0 Å². The number of rotatable bonds is 2. The molecule has 0 saturated heterocycles. The Morgan fingerprint density at radius 3 is 2.79 bits per heavy atom.